The average molecular weight is 477 g/mol. The molecule has 0 aliphatic rings. The molecule has 2 rings (SSSR count). The van der Waals surface area contributed by atoms with E-state index in [4.69, 9.17) is 0 Å². The smallest absolute Gasteiger partial charge is 0.257 e. The monoisotopic (exact) mass is 476 g/mol. The first-order chi connectivity index (χ1) is 15.7. The molecular weight excluding hydrogens is 439 g/mol. The van der Waals surface area contributed by atoms with Gasteiger partial charge in [-0.2, -0.15) is 0 Å². The van der Waals surface area contributed by atoms with Gasteiger partial charge in [0.25, 0.3) is 5.56 Å². The molecule has 0 aliphatic heterocycles. The van der Waals surface area contributed by atoms with Gasteiger partial charge in [0.05, 0.1) is 5.25 Å². The maximum Gasteiger partial charge on any atom is 0.257 e. The molecule has 33 heavy (non-hydrogen) atoms. The number of hydrogen-bond acceptors (Lipinski definition) is 5. The summed E-state index contributed by atoms with van der Waals surface area (Å²) in [5.74, 6) is -0.411. The highest BCUT2D eigenvalue weighted by molar-refractivity contribution is 8.00. The molecule has 6 nitrogen and oxygen atoms in total. The van der Waals surface area contributed by atoms with Crippen molar-refractivity contribution in [1.82, 2.24) is 19.8 Å². The van der Waals surface area contributed by atoms with Gasteiger partial charge in [0, 0.05) is 30.8 Å². The summed E-state index contributed by atoms with van der Waals surface area (Å²) in [7, 11) is 1.64. The first-order valence-electron chi connectivity index (χ1n) is 11.7. The topological polar surface area (TPSA) is 67.2 Å². The lowest BCUT2D eigenvalue weighted by Gasteiger charge is -2.21. The molecule has 1 amide bonds. The number of amides is 1. The van der Waals surface area contributed by atoms with E-state index < -0.39 is 5.25 Å². The normalized spacial score (nSPS) is 13.2. The van der Waals surface area contributed by atoms with Crippen LogP contribution in [0.15, 0.2) is 34.2 Å². The molecular formula is C25H37FN4O2S. The molecule has 2 atom stereocenters. The van der Waals surface area contributed by atoms with Crippen molar-refractivity contribution in [2.45, 2.75) is 70.3 Å². The fourth-order valence-electron chi connectivity index (χ4n) is 3.68. The Hall–Kier alpha value is -2.19. The molecule has 8 heteroatoms. The van der Waals surface area contributed by atoms with Crippen LogP contribution in [0.3, 0.4) is 0 Å². The molecule has 0 spiro atoms. The number of nitrogens with zero attached hydrogens (tertiary/aromatic N) is 3. The van der Waals surface area contributed by atoms with Gasteiger partial charge < -0.3 is 10.2 Å². The highest BCUT2D eigenvalue weighted by Gasteiger charge is 2.21. The quantitative estimate of drug-likeness (QED) is 0.371. The molecule has 0 saturated heterocycles. The molecule has 2 aromatic rings. The highest BCUT2D eigenvalue weighted by atomic mass is 32.2. The van der Waals surface area contributed by atoms with Gasteiger partial charge in [-0.3, -0.25) is 14.2 Å². The van der Waals surface area contributed by atoms with Crippen LogP contribution in [0.5, 0.6) is 0 Å². The van der Waals surface area contributed by atoms with Crippen LogP contribution < -0.4 is 10.9 Å². The lowest BCUT2D eigenvalue weighted by atomic mass is 10.0. The largest absolute Gasteiger partial charge is 0.353 e. The summed E-state index contributed by atoms with van der Waals surface area (Å²) in [5.41, 5.74) is 1.26. The minimum atomic E-state index is -0.398. The predicted octanol–water partition coefficient (Wildman–Crippen LogP) is 3.93. The van der Waals surface area contributed by atoms with Crippen LogP contribution >= 0.6 is 11.8 Å². The van der Waals surface area contributed by atoms with E-state index in [-0.39, 0.29) is 29.7 Å². The van der Waals surface area contributed by atoms with E-state index in [9.17, 15) is 14.0 Å². The zero-order valence-corrected chi connectivity index (χ0v) is 21.5. The van der Waals surface area contributed by atoms with Gasteiger partial charge in [0.1, 0.15) is 5.82 Å². The van der Waals surface area contributed by atoms with Gasteiger partial charge in [-0.15, -0.1) is 0 Å². The maximum absolute atomic E-state index is 14.1. The number of aromatic nitrogens is 2. The van der Waals surface area contributed by atoms with Gasteiger partial charge in [-0.05, 0) is 64.9 Å². The van der Waals surface area contributed by atoms with Gasteiger partial charge in [-0.1, -0.05) is 43.8 Å². The van der Waals surface area contributed by atoms with Crippen LogP contribution in [0.1, 0.15) is 57.4 Å². The van der Waals surface area contributed by atoms with Gasteiger partial charge in [-0.25, -0.2) is 9.37 Å². The van der Waals surface area contributed by atoms with Gasteiger partial charge in [0.15, 0.2) is 5.16 Å². The van der Waals surface area contributed by atoms with Crippen molar-refractivity contribution in [3.05, 3.63) is 57.3 Å². The summed E-state index contributed by atoms with van der Waals surface area (Å²) in [6.45, 7) is 13.0. The van der Waals surface area contributed by atoms with Crippen molar-refractivity contribution in [1.29, 1.82) is 0 Å². The van der Waals surface area contributed by atoms with E-state index >= 15 is 0 Å². The average Bonchev–Trinajstić information content (AvgIpc) is 2.78. The molecule has 182 valence electrons. The Morgan fingerprint density at radius 3 is 2.55 bits per heavy atom. The van der Waals surface area contributed by atoms with E-state index in [2.05, 4.69) is 29.0 Å². The highest BCUT2D eigenvalue weighted by Crippen LogP contribution is 2.22. The van der Waals surface area contributed by atoms with Gasteiger partial charge >= 0.3 is 0 Å². The van der Waals surface area contributed by atoms with E-state index in [0.29, 0.717) is 22.0 Å². The fraction of sp³-hybridized carbons (Fsp3) is 0.560. The Balaban J connectivity index is 2.01. The van der Waals surface area contributed by atoms with Crippen LogP contribution in [0.2, 0.25) is 0 Å². The number of hydrogen-bond donors (Lipinski definition) is 1. The zero-order chi connectivity index (χ0) is 24.5. The number of thioether (sulfide) groups is 1. The third kappa shape index (κ3) is 7.67. The van der Waals surface area contributed by atoms with Crippen LogP contribution in [0, 0.1) is 12.7 Å². The summed E-state index contributed by atoms with van der Waals surface area (Å²) in [5, 5.41) is 3.15. The van der Waals surface area contributed by atoms with Crippen LogP contribution in [-0.4, -0.2) is 51.3 Å². The second kappa shape index (κ2) is 12.9. The second-order valence-corrected chi connectivity index (χ2v) is 9.74. The SMILES string of the molecule is CCN(CC)CCCC(C)NC(=O)C(C)Sc1nc(C)c(Cc2ccccc2F)c(=O)n1C. The molecule has 1 heterocycles. The number of nitrogens with one attached hydrogen (secondary N) is 1. The van der Waals surface area contributed by atoms with Crippen molar-refractivity contribution in [3.8, 4) is 0 Å². The van der Waals surface area contributed by atoms with Crippen LogP contribution in [0.25, 0.3) is 0 Å². The summed E-state index contributed by atoms with van der Waals surface area (Å²) < 4.78 is 15.5. The number of rotatable bonds is 12. The van der Waals surface area contributed by atoms with E-state index in [0.717, 1.165) is 32.5 Å². The Bertz CT molecular complexity index is 991. The summed E-state index contributed by atoms with van der Waals surface area (Å²) in [4.78, 5) is 32.6. The molecule has 0 radical (unpaired) electrons. The first-order valence-corrected chi connectivity index (χ1v) is 12.5. The van der Waals surface area contributed by atoms with Crippen molar-refractivity contribution >= 4 is 17.7 Å². The summed E-state index contributed by atoms with van der Waals surface area (Å²) >= 11 is 1.26. The lowest BCUT2D eigenvalue weighted by molar-refractivity contribution is -0.120. The number of carbonyl (C=O) groups is 1. The fourth-order valence-corrected chi connectivity index (χ4v) is 4.60. The molecule has 0 bridgehead atoms. The van der Waals surface area contributed by atoms with Crippen molar-refractivity contribution in [2.75, 3.05) is 19.6 Å². The molecule has 1 N–H and O–H groups in total. The zero-order valence-electron chi connectivity index (χ0n) is 20.7. The predicted molar refractivity (Wildman–Crippen MR) is 133 cm³/mol. The minimum absolute atomic E-state index is 0.0716. The molecule has 1 aromatic carbocycles. The first kappa shape index (κ1) is 27.1. The van der Waals surface area contributed by atoms with Crippen molar-refractivity contribution in [2.24, 2.45) is 7.05 Å². The molecule has 0 aliphatic carbocycles. The molecule has 0 saturated carbocycles. The van der Waals surface area contributed by atoms with E-state index in [1.807, 2.05) is 13.8 Å². The number of carbonyl (C=O) groups excluding carboxylic acids is 1. The number of benzene rings is 1. The van der Waals surface area contributed by atoms with Crippen molar-refractivity contribution < 1.29 is 9.18 Å². The Labute approximate surface area is 201 Å². The lowest BCUT2D eigenvalue weighted by Crippen LogP contribution is -2.38. The second-order valence-electron chi connectivity index (χ2n) is 8.43. The van der Waals surface area contributed by atoms with Crippen LogP contribution in [0.4, 0.5) is 4.39 Å². The third-order valence-electron chi connectivity index (χ3n) is 5.92. The van der Waals surface area contributed by atoms with Crippen molar-refractivity contribution in [3.63, 3.8) is 0 Å². The molecule has 2 unspecified atom stereocenters. The standard InChI is InChI=1S/C25H37FN4O2S/c1-7-30(8-2)15-11-12-17(3)27-23(31)19(5)33-25-28-18(4)21(24(32)29(25)6)16-20-13-9-10-14-22(20)26/h9-10,13-14,17,19H,7-8,11-12,15-16H2,1-6H3,(H,27,31). The Morgan fingerprint density at radius 1 is 1.24 bits per heavy atom. The van der Waals surface area contributed by atoms with Crippen LogP contribution in [-0.2, 0) is 18.3 Å². The third-order valence-corrected chi connectivity index (χ3v) is 7.06. The Morgan fingerprint density at radius 2 is 1.91 bits per heavy atom. The number of aryl methyl sites for hydroxylation is 1. The molecule has 1 aromatic heterocycles. The van der Waals surface area contributed by atoms with E-state index in [1.54, 1.807) is 32.2 Å². The van der Waals surface area contributed by atoms with E-state index in [1.165, 1.54) is 22.4 Å². The Kier molecular flexibility index (Phi) is 10.6. The summed E-state index contributed by atoms with van der Waals surface area (Å²) in [6, 6.07) is 6.52. The summed E-state index contributed by atoms with van der Waals surface area (Å²) in [6.07, 6.45) is 2.13. The van der Waals surface area contributed by atoms with Gasteiger partial charge in [0.2, 0.25) is 5.91 Å². The maximum atomic E-state index is 14.1. The molecule has 0 fully saturated rings. The minimum Gasteiger partial charge on any atom is -0.353 e. The number of halogens is 1.